The Morgan fingerprint density at radius 1 is 1.03 bits per heavy atom. The van der Waals surface area contributed by atoms with Crippen molar-refractivity contribution in [3.63, 3.8) is 0 Å². The lowest BCUT2D eigenvalue weighted by molar-refractivity contribution is 0.0977. The maximum atomic E-state index is 12.4. The summed E-state index contributed by atoms with van der Waals surface area (Å²) < 4.78 is 5.86. The Hall–Kier alpha value is -3.71. The Bertz CT molecular complexity index is 1290. The molecule has 156 valence electrons. The van der Waals surface area contributed by atoms with E-state index in [1.165, 1.54) is 6.07 Å². The molecular weight excluding hydrogens is 410 g/mol. The summed E-state index contributed by atoms with van der Waals surface area (Å²) in [5.74, 6) is 0.0287. The number of fused-ring (bicyclic) bond motifs is 1. The van der Waals surface area contributed by atoms with Gasteiger partial charge in [-0.25, -0.2) is 4.98 Å². The van der Waals surface area contributed by atoms with E-state index in [0.717, 1.165) is 22.2 Å². The van der Waals surface area contributed by atoms with Crippen LogP contribution < -0.4 is 10.6 Å². The Labute approximate surface area is 184 Å². The normalized spacial score (nSPS) is 10.8. The van der Waals surface area contributed by atoms with Crippen molar-refractivity contribution in [2.24, 2.45) is 0 Å². The minimum Gasteiger partial charge on any atom is -0.507 e. The highest BCUT2D eigenvalue weighted by atomic mass is 32.1. The number of phenolic OH excluding ortho intramolecular Hbond substituents is 1. The first-order valence-electron chi connectivity index (χ1n) is 9.70. The highest BCUT2D eigenvalue weighted by Crippen LogP contribution is 2.34. The highest BCUT2D eigenvalue weighted by molar-refractivity contribution is 7.80. The molecule has 3 N–H and O–H groups in total. The second-order valence-electron chi connectivity index (χ2n) is 7.43. The van der Waals surface area contributed by atoms with Gasteiger partial charge in [-0.2, -0.15) is 0 Å². The van der Waals surface area contributed by atoms with Crippen LogP contribution in [0.1, 0.15) is 27.0 Å². The number of aromatic nitrogens is 1. The van der Waals surface area contributed by atoms with Gasteiger partial charge >= 0.3 is 0 Å². The number of anilines is 1. The first-order valence-corrected chi connectivity index (χ1v) is 10.1. The molecule has 7 heteroatoms. The van der Waals surface area contributed by atoms with Crippen molar-refractivity contribution in [3.8, 4) is 17.2 Å². The van der Waals surface area contributed by atoms with Crippen LogP contribution >= 0.6 is 12.2 Å². The maximum absolute atomic E-state index is 12.4. The molecule has 0 spiro atoms. The van der Waals surface area contributed by atoms with Crippen LogP contribution in [-0.4, -0.2) is 21.1 Å². The number of phenols is 1. The lowest BCUT2D eigenvalue weighted by Gasteiger charge is -2.11. The number of amides is 1. The number of oxazole rings is 1. The molecule has 0 aliphatic rings. The zero-order valence-corrected chi connectivity index (χ0v) is 18.1. The molecule has 0 aliphatic carbocycles. The summed E-state index contributed by atoms with van der Waals surface area (Å²) in [6, 6.07) is 16.0. The molecule has 1 heterocycles. The Morgan fingerprint density at radius 3 is 2.58 bits per heavy atom. The predicted octanol–water partition coefficient (Wildman–Crippen LogP) is 5.25. The van der Waals surface area contributed by atoms with Crippen molar-refractivity contribution in [1.82, 2.24) is 10.3 Å². The van der Waals surface area contributed by atoms with Gasteiger partial charge < -0.3 is 14.8 Å². The minimum absolute atomic E-state index is 0.0280. The predicted molar refractivity (Wildman–Crippen MR) is 125 cm³/mol. The molecule has 4 aromatic rings. The Kier molecular flexibility index (Phi) is 5.44. The average Bonchev–Trinajstić information content (AvgIpc) is 3.12. The largest absolute Gasteiger partial charge is 0.507 e. The lowest BCUT2D eigenvalue weighted by atomic mass is 10.1. The standard InChI is InChI=1S/C24H21N3O3S/c1-13-5-4-6-16(9-13)22(29)27-24(31)25-17-7-8-20(28)18(12-17)23-26-19-10-14(2)15(3)11-21(19)30-23/h4-12,28H,1-3H3,(H2,25,27,29,31). The maximum Gasteiger partial charge on any atom is 0.257 e. The monoisotopic (exact) mass is 431 g/mol. The van der Waals surface area contributed by atoms with Gasteiger partial charge in [-0.3, -0.25) is 10.1 Å². The molecule has 3 aromatic carbocycles. The van der Waals surface area contributed by atoms with Crippen molar-refractivity contribution < 1.29 is 14.3 Å². The van der Waals surface area contributed by atoms with Crippen LogP contribution in [0.25, 0.3) is 22.6 Å². The van der Waals surface area contributed by atoms with Crippen LogP contribution in [0.4, 0.5) is 5.69 Å². The number of thiocarbonyl (C=S) groups is 1. The number of carbonyl (C=O) groups excluding carboxylic acids is 1. The fourth-order valence-electron chi connectivity index (χ4n) is 3.20. The molecule has 31 heavy (non-hydrogen) atoms. The SMILES string of the molecule is Cc1cccc(C(=O)NC(=S)Nc2ccc(O)c(-c3nc4cc(C)c(C)cc4o3)c2)c1. The van der Waals surface area contributed by atoms with Crippen molar-refractivity contribution in [2.75, 3.05) is 5.32 Å². The van der Waals surface area contributed by atoms with Gasteiger partial charge in [-0.05, 0) is 86.6 Å². The second-order valence-corrected chi connectivity index (χ2v) is 7.84. The summed E-state index contributed by atoms with van der Waals surface area (Å²) in [4.78, 5) is 16.9. The second kappa shape index (κ2) is 8.20. The van der Waals surface area contributed by atoms with E-state index in [0.29, 0.717) is 28.3 Å². The third-order valence-electron chi connectivity index (χ3n) is 5.00. The molecule has 4 rings (SSSR count). The minimum atomic E-state index is -0.301. The first kappa shape index (κ1) is 20.6. The fourth-order valence-corrected chi connectivity index (χ4v) is 3.41. The van der Waals surface area contributed by atoms with E-state index in [1.54, 1.807) is 24.3 Å². The van der Waals surface area contributed by atoms with Crippen LogP contribution in [0.3, 0.4) is 0 Å². The van der Waals surface area contributed by atoms with E-state index in [1.807, 2.05) is 45.0 Å². The van der Waals surface area contributed by atoms with Crippen LogP contribution in [0.15, 0.2) is 59.0 Å². The van der Waals surface area contributed by atoms with Crippen molar-refractivity contribution in [3.05, 3.63) is 76.9 Å². The number of nitrogens with zero attached hydrogens (tertiary/aromatic N) is 1. The Morgan fingerprint density at radius 2 is 1.81 bits per heavy atom. The van der Waals surface area contributed by atoms with Gasteiger partial charge in [0.15, 0.2) is 10.7 Å². The summed E-state index contributed by atoms with van der Waals surface area (Å²) in [7, 11) is 0. The third-order valence-corrected chi connectivity index (χ3v) is 5.20. The number of carbonyl (C=O) groups is 1. The van der Waals surface area contributed by atoms with Gasteiger partial charge in [0.1, 0.15) is 11.3 Å². The molecule has 0 radical (unpaired) electrons. The zero-order valence-electron chi connectivity index (χ0n) is 17.3. The number of hydrogen-bond acceptors (Lipinski definition) is 5. The van der Waals surface area contributed by atoms with Gasteiger partial charge in [0.25, 0.3) is 5.91 Å². The van der Waals surface area contributed by atoms with E-state index in [4.69, 9.17) is 16.6 Å². The Balaban J connectivity index is 1.55. The topological polar surface area (TPSA) is 87.4 Å². The average molecular weight is 432 g/mol. The summed E-state index contributed by atoms with van der Waals surface area (Å²) in [6.07, 6.45) is 0. The summed E-state index contributed by atoms with van der Waals surface area (Å²) >= 11 is 5.27. The number of rotatable bonds is 3. The quantitative estimate of drug-likeness (QED) is 0.303. The number of hydrogen-bond donors (Lipinski definition) is 3. The van der Waals surface area contributed by atoms with Crippen molar-refractivity contribution >= 4 is 40.0 Å². The van der Waals surface area contributed by atoms with E-state index in [9.17, 15) is 9.90 Å². The van der Waals surface area contributed by atoms with Crippen LogP contribution in [0.2, 0.25) is 0 Å². The molecule has 0 unspecified atom stereocenters. The summed E-state index contributed by atoms with van der Waals surface area (Å²) in [5.41, 5.74) is 6.09. The third kappa shape index (κ3) is 4.41. The van der Waals surface area contributed by atoms with Gasteiger partial charge in [-0.15, -0.1) is 0 Å². The van der Waals surface area contributed by atoms with Crippen molar-refractivity contribution in [1.29, 1.82) is 0 Å². The van der Waals surface area contributed by atoms with Crippen LogP contribution in [-0.2, 0) is 0 Å². The number of aryl methyl sites for hydroxylation is 3. The molecule has 6 nitrogen and oxygen atoms in total. The number of nitrogens with one attached hydrogen (secondary N) is 2. The molecule has 0 saturated carbocycles. The van der Waals surface area contributed by atoms with Gasteiger partial charge in [0, 0.05) is 11.3 Å². The molecule has 1 aromatic heterocycles. The van der Waals surface area contributed by atoms with Crippen molar-refractivity contribution in [2.45, 2.75) is 20.8 Å². The molecule has 0 aliphatic heterocycles. The molecule has 0 atom stereocenters. The summed E-state index contributed by atoms with van der Waals surface area (Å²) in [5, 5.41) is 16.1. The van der Waals surface area contributed by atoms with E-state index < -0.39 is 0 Å². The fraction of sp³-hybridized carbons (Fsp3) is 0.125. The number of benzene rings is 3. The van der Waals surface area contributed by atoms with E-state index >= 15 is 0 Å². The number of aromatic hydroxyl groups is 1. The molecule has 0 saturated heterocycles. The molecule has 0 fully saturated rings. The lowest BCUT2D eigenvalue weighted by Crippen LogP contribution is -2.34. The zero-order chi connectivity index (χ0) is 22.1. The van der Waals surface area contributed by atoms with Gasteiger partial charge in [0.2, 0.25) is 5.89 Å². The highest BCUT2D eigenvalue weighted by Gasteiger charge is 2.15. The smallest absolute Gasteiger partial charge is 0.257 e. The van der Waals surface area contributed by atoms with Gasteiger partial charge in [-0.1, -0.05) is 17.7 Å². The van der Waals surface area contributed by atoms with E-state index in [-0.39, 0.29) is 16.8 Å². The molecule has 0 bridgehead atoms. The van der Waals surface area contributed by atoms with E-state index in [2.05, 4.69) is 15.6 Å². The molecular formula is C24H21N3O3S. The van der Waals surface area contributed by atoms with Gasteiger partial charge in [0.05, 0.1) is 5.56 Å². The van der Waals surface area contributed by atoms with Crippen LogP contribution in [0.5, 0.6) is 5.75 Å². The molecule has 1 amide bonds. The summed E-state index contributed by atoms with van der Waals surface area (Å²) in [6.45, 7) is 5.93. The first-order chi connectivity index (χ1) is 14.8. The van der Waals surface area contributed by atoms with Crippen LogP contribution in [0, 0.1) is 20.8 Å².